The zero-order valence-electron chi connectivity index (χ0n) is 10.8. The molecule has 0 amide bonds. The number of nitrogens with one attached hydrogen (secondary N) is 1. The Morgan fingerprint density at radius 3 is 2.68 bits per heavy atom. The van der Waals surface area contributed by atoms with Gasteiger partial charge in [-0.2, -0.15) is 0 Å². The summed E-state index contributed by atoms with van der Waals surface area (Å²) >= 11 is 6.02. The Morgan fingerprint density at radius 2 is 1.95 bits per heavy atom. The molecule has 0 saturated carbocycles. The van der Waals surface area contributed by atoms with Gasteiger partial charge >= 0.3 is 0 Å². The zero-order chi connectivity index (χ0) is 13.2. The summed E-state index contributed by atoms with van der Waals surface area (Å²) in [6.45, 7) is 0. The second-order valence-corrected chi connectivity index (χ2v) is 5.25. The lowest BCUT2D eigenvalue weighted by atomic mass is 9.93. The first kappa shape index (κ1) is 12.4. The molecule has 1 N–H and O–H groups in total. The Balaban J connectivity index is 1.82. The molecule has 3 rings (SSSR count). The number of hydrogen-bond donors (Lipinski definition) is 1. The van der Waals surface area contributed by atoms with Crippen LogP contribution in [0.2, 0.25) is 5.02 Å². The third-order valence-electron chi connectivity index (χ3n) is 3.62. The van der Waals surface area contributed by atoms with E-state index in [1.165, 1.54) is 16.8 Å². The van der Waals surface area contributed by atoms with E-state index in [0.717, 1.165) is 23.6 Å². The zero-order valence-corrected chi connectivity index (χ0v) is 11.6. The molecule has 0 saturated heterocycles. The van der Waals surface area contributed by atoms with E-state index in [-0.39, 0.29) is 0 Å². The molecule has 3 heteroatoms. The lowest BCUT2D eigenvalue weighted by Crippen LogP contribution is -2.17. The van der Waals surface area contributed by atoms with Gasteiger partial charge in [0.25, 0.3) is 0 Å². The molecule has 2 aromatic rings. The maximum atomic E-state index is 6.02. The van der Waals surface area contributed by atoms with Crippen molar-refractivity contribution in [1.29, 1.82) is 0 Å². The van der Waals surface area contributed by atoms with Gasteiger partial charge in [0.1, 0.15) is 5.75 Å². The van der Waals surface area contributed by atoms with Gasteiger partial charge < -0.3 is 10.1 Å². The minimum absolute atomic E-state index is 0.361. The Kier molecular flexibility index (Phi) is 3.34. The van der Waals surface area contributed by atoms with Gasteiger partial charge in [0.05, 0.1) is 13.2 Å². The average molecular weight is 274 g/mol. The van der Waals surface area contributed by atoms with Crippen LogP contribution >= 0.6 is 11.6 Å². The normalized spacial score (nSPS) is 17.5. The van der Waals surface area contributed by atoms with Crippen LogP contribution in [0.25, 0.3) is 0 Å². The predicted octanol–water partition coefficient (Wildman–Crippen LogP) is 4.45. The first-order chi connectivity index (χ1) is 9.26. The predicted molar refractivity (Wildman–Crippen MR) is 79.1 cm³/mol. The molecule has 2 aromatic carbocycles. The van der Waals surface area contributed by atoms with Crippen LogP contribution in [0.15, 0.2) is 42.5 Å². The van der Waals surface area contributed by atoms with Gasteiger partial charge in [0, 0.05) is 10.7 Å². The van der Waals surface area contributed by atoms with E-state index in [1.807, 2.05) is 24.3 Å². The summed E-state index contributed by atoms with van der Waals surface area (Å²) in [4.78, 5) is 0. The van der Waals surface area contributed by atoms with Crippen LogP contribution in [0.1, 0.15) is 23.6 Å². The molecule has 1 atom stereocenters. The van der Waals surface area contributed by atoms with Crippen molar-refractivity contribution >= 4 is 17.3 Å². The Hall–Kier alpha value is -1.67. The lowest BCUT2D eigenvalue weighted by Gasteiger charge is -2.27. The molecule has 2 nitrogen and oxygen atoms in total. The fourth-order valence-electron chi connectivity index (χ4n) is 2.56. The summed E-state index contributed by atoms with van der Waals surface area (Å²) in [6.07, 6.45) is 2.14. The van der Waals surface area contributed by atoms with Crippen molar-refractivity contribution in [2.75, 3.05) is 12.4 Å². The van der Waals surface area contributed by atoms with Gasteiger partial charge in [-0.25, -0.2) is 0 Å². The first-order valence-corrected chi connectivity index (χ1v) is 6.83. The van der Waals surface area contributed by atoms with Gasteiger partial charge in [0.2, 0.25) is 0 Å². The number of rotatable bonds is 2. The van der Waals surface area contributed by atoms with Crippen molar-refractivity contribution in [3.8, 4) is 5.75 Å². The summed E-state index contributed by atoms with van der Waals surface area (Å²) in [5.41, 5.74) is 3.79. The maximum Gasteiger partial charge on any atom is 0.118 e. The molecule has 0 spiro atoms. The quantitative estimate of drug-likeness (QED) is 0.873. The van der Waals surface area contributed by atoms with Crippen molar-refractivity contribution in [2.24, 2.45) is 0 Å². The molecule has 0 bridgehead atoms. The minimum Gasteiger partial charge on any atom is -0.497 e. The molecule has 0 unspecified atom stereocenters. The monoisotopic (exact) mass is 273 g/mol. The highest BCUT2D eigenvalue weighted by Crippen LogP contribution is 2.34. The lowest BCUT2D eigenvalue weighted by molar-refractivity contribution is 0.414. The van der Waals surface area contributed by atoms with E-state index in [2.05, 4.69) is 23.5 Å². The van der Waals surface area contributed by atoms with Gasteiger partial charge in [-0.15, -0.1) is 0 Å². The molecular weight excluding hydrogens is 258 g/mol. The summed E-state index contributed by atoms with van der Waals surface area (Å²) < 4.78 is 5.19. The van der Waals surface area contributed by atoms with E-state index in [9.17, 15) is 0 Å². The SMILES string of the molecule is COc1ccc([C@@H]2CCc3cc(Cl)ccc3N2)cc1. The van der Waals surface area contributed by atoms with Crippen LogP contribution in [0.3, 0.4) is 0 Å². The number of hydrogen-bond acceptors (Lipinski definition) is 2. The topological polar surface area (TPSA) is 21.3 Å². The minimum atomic E-state index is 0.361. The molecule has 19 heavy (non-hydrogen) atoms. The van der Waals surface area contributed by atoms with E-state index in [0.29, 0.717) is 6.04 Å². The molecule has 0 aromatic heterocycles. The second-order valence-electron chi connectivity index (χ2n) is 4.81. The van der Waals surface area contributed by atoms with E-state index < -0.39 is 0 Å². The summed E-state index contributed by atoms with van der Waals surface area (Å²) in [7, 11) is 1.69. The van der Waals surface area contributed by atoms with Gasteiger partial charge in [0.15, 0.2) is 0 Å². The summed E-state index contributed by atoms with van der Waals surface area (Å²) in [5.74, 6) is 0.895. The number of ether oxygens (including phenoxy) is 1. The van der Waals surface area contributed by atoms with Crippen LogP contribution < -0.4 is 10.1 Å². The molecule has 1 heterocycles. The highest BCUT2D eigenvalue weighted by atomic mass is 35.5. The number of fused-ring (bicyclic) bond motifs is 1. The summed E-state index contributed by atoms with van der Waals surface area (Å²) in [5, 5.41) is 4.39. The molecule has 1 aliphatic rings. The molecule has 0 radical (unpaired) electrons. The van der Waals surface area contributed by atoms with Crippen LogP contribution in [0.5, 0.6) is 5.75 Å². The Labute approximate surface area is 118 Å². The molecule has 98 valence electrons. The van der Waals surface area contributed by atoms with E-state index in [4.69, 9.17) is 16.3 Å². The van der Waals surface area contributed by atoms with Crippen molar-refractivity contribution in [1.82, 2.24) is 0 Å². The fraction of sp³-hybridized carbons (Fsp3) is 0.250. The molecule has 0 fully saturated rings. The number of methoxy groups -OCH3 is 1. The number of halogens is 1. The Morgan fingerprint density at radius 1 is 1.16 bits per heavy atom. The molecular formula is C16H16ClNO. The van der Waals surface area contributed by atoms with Crippen molar-refractivity contribution in [3.05, 3.63) is 58.6 Å². The van der Waals surface area contributed by atoms with Crippen molar-refractivity contribution in [3.63, 3.8) is 0 Å². The third-order valence-corrected chi connectivity index (χ3v) is 3.85. The number of anilines is 1. The number of aryl methyl sites for hydroxylation is 1. The highest BCUT2D eigenvalue weighted by Gasteiger charge is 2.19. The van der Waals surface area contributed by atoms with Crippen LogP contribution in [-0.2, 0) is 6.42 Å². The highest BCUT2D eigenvalue weighted by molar-refractivity contribution is 6.30. The van der Waals surface area contributed by atoms with Crippen LogP contribution in [0, 0.1) is 0 Å². The average Bonchev–Trinajstić information content (AvgIpc) is 2.47. The Bertz CT molecular complexity index is 580. The second kappa shape index (κ2) is 5.14. The molecule has 0 aliphatic carbocycles. The van der Waals surface area contributed by atoms with Gasteiger partial charge in [-0.3, -0.25) is 0 Å². The summed E-state index contributed by atoms with van der Waals surface area (Å²) in [6, 6.07) is 14.7. The van der Waals surface area contributed by atoms with Gasteiger partial charge in [-0.1, -0.05) is 23.7 Å². The smallest absolute Gasteiger partial charge is 0.118 e. The fourth-order valence-corrected chi connectivity index (χ4v) is 2.75. The number of benzene rings is 2. The third kappa shape index (κ3) is 2.54. The van der Waals surface area contributed by atoms with Crippen molar-refractivity contribution in [2.45, 2.75) is 18.9 Å². The maximum absolute atomic E-state index is 6.02. The van der Waals surface area contributed by atoms with Crippen LogP contribution in [0.4, 0.5) is 5.69 Å². The van der Waals surface area contributed by atoms with Crippen molar-refractivity contribution < 1.29 is 4.74 Å². The van der Waals surface area contributed by atoms with Crippen LogP contribution in [-0.4, -0.2) is 7.11 Å². The van der Waals surface area contributed by atoms with E-state index in [1.54, 1.807) is 7.11 Å². The standard InChI is InChI=1S/C16H16ClNO/c1-19-14-6-2-11(3-7-14)15-8-4-12-10-13(17)5-9-16(12)18-15/h2-3,5-7,9-10,15,18H,4,8H2,1H3/t15-/m0/s1. The van der Waals surface area contributed by atoms with Gasteiger partial charge in [-0.05, 0) is 54.3 Å². The molecule has 1 aliphatic heterocycles. The first-order valence-electron chi connectivity index (χ1n) is 6.45. The largest absolute Gasteiger partial charge is 0.497 e. The van der Waals surface area contributed by atoms with E-state index >= 15 is 0 Å².